The van der Waals surface area contributed by atoms with Gasteiger partial charge in [-0.15, -0.1) is 0 Å². The molecular formula is C11H9ClN2O3. The van der Waals surface area contributed by atoms with Gasteiger partial charge in [0.1, 0.15) is 10.7 Å². The minimum atomic E-state index is -0.492. The van der Waals surface area contributed by atoms with Crippen molar-refractivity contribution in [1.82, 2.24) is 10.1 Å². The van der Waals surface area contributed by atoms with E-state index >= 15 is 0 Å². The molecule has 0 aromatic carbocycles. The van der Waals surface area contributed by atoms with Crippen LogP contribution in [0.25, 0.3) is 11.3 Å². The van der Waals surface area contributed by atoms with Gasteiger partial charge < -0.3 is 9.26 Å². The second kappa shape index (κ2) is 4.55. The molecule has 0 saturated carbocycles. The van der Waals surface area contributed by atoms with Crippen LogP contribution in [0.1, 0.15) is 16.1 Å². The summed E-state index contributed by atoms with van der Waals surface area (Å²) in [6, 6.07) is 3.30. The lowest BCUT2D eigenvalue weighted by molar-refractivity contribution is 0.0600. The molecule has 0 bridgehead atoms. The van der Waals surface area contributed by atoms with Gasteiger partial charge in [-0.1, -0.05) is 16.8 Å². The predicted molar refractivity (Wildman–Crippen MR) is 60.8 cm³/mol. The molecule has 0 saturated heterocycles. The van der Waals surface area contributed by atoms with Crippen molar-refractivity contribution in [3.05, 3.63) is 34.7 Å². The number of rotatable bonds is 2. The van der Waals surface area contributed by atoms with Crippen molar-refractivity contribution in [2.24, 2.45) is 0 Å². The Morgan fingerprint density at radius 3 is 2.82 bits per heavy atom. The normalized spacial score (nSPS) is 10.3. The number of aryl methyl sites for hydroxylation is 1. The summed E-state index contributed by atoms with van der Waals surface area (Å²) >= 11 is 5.68. The molecule has 0 atom stereocenters. The number of aromatic nitrogens is 2. The Hall–Kier alpha value is -1.88. The maximum absolute atomic E-state index is 11.6. The summed E-state index contributed by atoms with van der Waals surface area (Å²) in [6.45, 7) is 1.67. The van der Waals surface area contributed by atoms with Crippen molar-refractivity contribution in [3.8, 4) is 11.3 Å². The third-order valence-electron chi connectivity index (χ3n) is 2.24. The molecule has 0 amide bonds. The van der Waals surface area contributed by atoms with E-state index in [-0.39, 0.29) is 0 Å². The first-order chi connectivity index (χ1) is 8.13. The Balaban J connectivity index is 2.52. The summed E-state index contributed by atoms with van der Waals surface area (Å²) in [5.74, 6) is -0.160. The molecule has 0 fully saturated rings. The number of pyridine rings is 1. The molecule has 5 nitrogen and oxygen atoms in total. The number of hydrogen-bond acceptors (Lipinski definition) is 5. The second-order valence-corrected chi connectivity index (χ2v) is 3.72. The number of esters is 1. The summed E-state index contributed by atoms with van der Waals surface area (Å²) in [5, 5.41) is 4.11. The minimum absolute atomic E-state index is 0.302. The van der Waals surface area contributed by atoms with Crippen LogP contribution < -0.4 is 0 Å². The van der Waals surface area contributed by atoms with Gasteiger partial charge in [0.2, 0.25) is 0 Å². The topological polar surface area (TPSA) is 65.2 Å². The highest BCUT2D eigenvalue weighted by Crippen LogP contribution is 2.26. The van der Waals surface area contributed by atoms with E-state index in [1.54, 1.807) is 19.1 Å². The molecule has 88 valence electrons. The maximum atomic E-state index is 11.6. The highest BCUT2D eigenvalue weighted by molar-refractivity contribution is 6.29. The first kappa shape index (κ1) is 11.6. The lowest BCUT2D eigenvalue weighted by atomic mass is 10.1. The second-order valence-electron chi connectivity index (χ2n) is 3.33. The Morgan fingerprint density at radius 2 is 2.24 bits per heavy atom. The Bertz CT molecular complexity index is 548. The van der Waals surface area contributed by atoms with Gasteiger partial charge in [-0.25, -0.2) is 9.78 Å². The molecule has 0 N–H and O–H groups in total. The maximum Gasteiger partial charge on any atom is 0.343 e. The molecule has 0 unspecified atom stereocenters. The Kier molecular flexibility index (Phi) is 3.10. The standard InChI is InChI=1S/C11H9ClN2O3/c1-6-9(11(15)16-2)10(17-14-6)7-3-4-8(12)13-5-7/h3-5H,1-2H3. The van der Waals surface area contributed by atoms with E-state index in [2.05, 4.69) is 14.9 Å². The van der Waals surface area contributed by atoms with Crippen LogP contribution in [0.5, 0.6) is 0 Å². The van der Waals surface area contributed by atoms with Crippen LogP contribution in [0, 0.1) is 6.92 Å². The molecule has 6 heteroatoms. The number of nitrogens with zero attached hydrogens (tertiary/aromatic N) is 2. The van der Waals surface area contributed by atoms with Gasteiger partial charge in [-0.05, 0) is 19.1 Å². The van der Waals surface area contributed by atoms with Crippen molar-refractivity contribution >= 4 is 17.6 Å². The molecule has 0 aliphatic carbocycles. The minimum Gasteiger partial charge on any atom is -0.465 e. The van der Waals surface area contributed by atoms with Gasteiger partial charge in [-0.3, -0.25) is 0 Å². The van der Waals surface area contributed by atoms with Crippen LogP contribution in [0.3, 0.4) is 0 Å². The highest BCUT2D eigenvalue weighted by atomic mass is 35.5. The van der Waals surface area contributed by atoms with Crippen molar-refractivity contribution in [1.29, 1.82) is 0 Å². The van der Waals surface area contributed by atoms with Gasteiger partial charge in [0, 0.05) is 11.8 Å². The van der Waals surface area contributed by atoms with Gasteiger partial charge in [-0.2, -0.15) is 0 Å². The van der Waals surface area contributed by atoms with Crippen molar-refractivity contribution in [2.45, 2.75) is 6.92 Å². The summed E-state index contributed by atoms with van der Waals surface area (Å²) in [5.41, 5.74) is 1.40. The zero-order valence-corrected chi connectivity index (χ0v) is 9.99. The number of methoxy groups -OCH3 is 1. The average molecular weight is 253 g/mol. The van der Waals surface area contributed by atoms with Crippen LogP contribution >= 0.6 is 11.6 Å². The van der Waals surface area contributed by atoms with E-state index in [0.29, 0.717) is 27.7 Å². The zero-order chi connectivity index (χ0) is 12.4. The summed E-state index contributed by atoms with van der Waals surface area (Å²) in [6.07, 6.45) is 1.51. The molecule has 17 heavy (non-hydrogen) atoms. The molecule has 0 aliphatic rings. The van der Waals surface area contributed by atoms with Crippen LogP contribution in [-0.2, 0) is 4.74 Å². The number of carbonyl (C=O) groups excluding carboxylic acids is 1. The Morgan fingerprint density at radius 1 is 1.47 bits per heavy atom. The Labute approximate surface area is 102 Å². The van der Waals surface area contributed by atoms with E-state index < -0.39 is 5.97 Å². The molecule has 0 aliphatic heterocycles. The van der Waals surface area contributed by atoms with Crippen molar-refractivity contribution < 1.29 is 14.1 Å². The largest absolute Gasteiger partial charge is 0.465 e. The van der Waals surface area contributed by atoms with Gasteiger partial charge in [0.25, 0.3) is 0 Å². The lowest BCUT2D eigenvalue weighted by Gasteiger charge is -2.00. The van der Waals surface area contributed by atoms with Gasteiger partial charge in [0.05, 0.1) is 12.8 Å². The smallest absolute Gasteiger partial charge is 0.343 e. The molecule has 2 aromatic rings. The number of halogens is 1. The van der Waals surface area contributed by atoms with Crippen molar-refractivity contribution in [2.75, 3.05) is 7.11 Å². The fourth-order valence-electron chi connectivity index (χ4n) is 1.42. The summed E-state index contributed by atoms with van der Waals surface area (Å²) in [7, 11) is 1.30. The molecule has 2 rings (SSSR count). The monoisotopic (exact) mass is 252 g/mol. The van der Waals surface area contributed by atoms with E-state index in [9.17, 15) is 4.79 Å². The lowest BCUT2D eigenvalue weighted by Crippen LogP contribution is -2.03. The number of ether oxygens (including phenoxy) is 1. The number of hydrogen-bond donors (Lipinski definition) is 0. The van der Waals surface area contributed by atoms with Gasteiger partial charge >= 0.3 is 5.97 Å². The molecule has 2 heterocycles. The molecule has 0 radical (unpaired) electrons. The van der Waals surface area contributed by atoms with E-state index in [0.717, 1.165) is 0 Å². The molecule has 2 aromatic heterocycles. The highest BCUT2D eigenvalue weighted by Gasteiger charge is 2.22. The molecule has 0 spiro atoms. The fraction of sp³-hybridized carbons (Fsp3) is 0.182. The third kappa shape index (κ3) is 2.14. The van der Waals surface area contributed by atoms with Crippen LogP contribution in [0.4, 0.5) is 0 Å². The average Bonchev–Trinajstić information content (AvgIpc) is 2.71. The van der Waals surface area contributed by atoms with E-state index in [1.807, 2.05) is 0 Å². The first-order valence-corrected chi connectivity index (χ1v) is 5.17. The van der Waals surface area contributed by atoms with E-state index in [1.165, 1.54) is 13.3 Å². The van der Waals surface area contributed by atoms with Crippen molar-refractivity contribution in [3.63, 3.8) is 0 Å². The quantitative estimate of drug-likeness (QED) is 0.607. The predicted octanol–water partition coefficient (Wildman–Crippen LogP) is 2.49. The SMILES string of the molecule is COC(=O)c1c(C)noc1-c1ccc(Cl)nc1. The third-order valence-corrected chi connectivity index (χ3v) is 2.47. The van der Waals surface area contributed by atoms with Crippen LogP contribution in [-0.4, -0.2) is 23.2 Å². The van der Waals surface area contributed by atoms with E-state index in [4.69, 9.17) is 16.1 Å². The summed E-state index contributed by atoms with van der Waals surface area (Å²) in [4.78, 5) is 15.5. The van der Waals surface area contributed by atoms with Gasteiger partial charge in [0.15, 0.2) is 5.76 Å². The fourth-order valence-corrected chi connectivity index (χ4v) is 1.53. The zero-order valence-electron chi connectivity index (χ0n) is 9.23. The molecular weight excluding hydrogens is 244 g/mol. The summed E-state index contributed by atoms with van der Waals surface area (Å²) < 4.78 is 9.79. The van der Waals surface area contributed by atoms with Crippen LogP contribution in [0.2, 0.25) is 5.15 Å². The van der Waals surface area contributed by atoms with Crippen LogP contribution in [0.15, 0.2) is 22.9 Å². The number of carbonyl (C=O) groups is 1. The first-order valence-electron chi connectivity index (χ1n) is 4.80.